The SMILES string of the molecule is CCOC(=O)[C@H]1C2C=CC(C2)[C@H]1NC(=O)c1nn(C2CCCCC2)c2c1CCCC2. The molecule has 2 saturated carbocycles. The van der Waals surface area contributed by atoms with Crippen LogP contribution in [-0.2, 0) is 22.4 Å². The van der Waals surface area contributed by atoms with E-state index in [4.69, 9.17) is 9.84 Å². The number of carbonyl (C=O) groups is 2. The van der Waals surface area contributed by atoms with E-state index < -0.39 is 0 Å². The Morgan fingerprint density at radius 1 is 1.10 bits per heavy atom. The molecule has 162 valence electrons. The molecule has 0 aliphatic heterocycles. The van der Waals surface area contributed by atoms with Gasteiger partial charge in [-0.2, -0.15) is 5.10 Å². The summed E-state index contributed by atoms with van der Waals surface area (Å²) in [6, 6.07) is 0.246. The smallest absolute Gasteiger partial charge is 0.311 e. The van der Waals surface area contributed by atoms with Gasteiger partial charge in [0.2, 0.25) is 0 Å². The molecule has 1 aromatic rings. The van der Waals surface area contributed by atoms with E-state index in [0.29, 0.717) is 18.3 Å². The van der Waals surface area contributed by atoms with Crippen LogP contribution in [0.3, 0.4) is 0 Å². The average Bonchev–Trinajstić information content (AvgIpc) is 3.47. The Hall–Kier alpha value is -2.11. The van der Waals surface area contributed by atoms with Crippen molar-refractivity contribution >= 4 is 11.9 Å². The maximum Gasteiger partial charge on any atom is 0.311 e. The Bertz CT molecular complexity index is 852. The standard InChI is InChI=1S/C24H33N3O3/c1-2-30-24(29)20-15-12-13-16(14-15)21(20)25-23(28)22-18-10-6-7-11-19(18)27(26-22)17-8-4-3-5-9-17/h12-13,15-17,20-21H,2-11,14H2,1H3,(H,25,28)/t15?,16?,20-,21+/m0/s1. The molecule has 4 aliphatic carbocycles. The van der Waals surface area contributed by atoms with E-state index in [1.165, 1.54) is 31.4 Å². The van der Waals surface area contributed by atoms with Crippen LogP contribution < -0.4 is 5.32 Å². The lowest BCUT2D eigenvalue weighted by molar-refractivity contribution is -0.149. The first kappa shape index (κ1) is 19.8. The highest BCUT2D eigenvalue weighted by Crippen LogP contribution is 2.44. The van der Waals surface area contributed by atoms with E-state index in [1.54, 1.807) is 0 Å². The second kappa shape index (κ2) is 8.20. The fraction of sp³-hybridized carbons (Fsp3) is 0.708. The Morgan fingerprint density at radius 2 is 1.87 bits per heavy atom. The summed E-state index contributed by atoms with van der Waals surface area (Å²) in [5.41, 5.74) is 3.04. The molecule has 5 rings (SSSR count). The first-order chi connectivity index (χ1) is 14.7. The number of ether oxygens (including phenoxy) is 1. The number of rotatable bonds is 5. The van der Waals surface area contributed by atoms with Gasteiger partial charge in [0.15, 0.2) is 5.69 Å². The molecular weight excluding hydrogens is 378 g/mol. The molecule has 1 heterocycles. The van der Waals surface area contributed by atoms with Crippen LogP contribution in [0.25, 0.3) is 0 Å². The number of esters is 1. The maximum atomic E-state index is 13.4. The molecule has 6 nitrogen and oxygen atoms in total. The minimum absolute atomic E-state index is 0.108. The third kappa shape index (κ3) is 3.38. The predicted molar refractivity (Wildman–Crippen MR) is 113 cm³/mol. The van der Waals surface area contributed by atoms with E-state index in [1.807, 2.05) is 6.92 Å². The molecule has 2 fully saturated rings. The monoisotopic (exact) mass is 411 g/mol. The zero-order chi connectivity index (χ0) is 20.7. The molecular formula is C24H33N3O3. The van der Waals surface area contributed by atoms with Crippen molar-refractivity contribution in [2.75, 3.05) is 6.61 Å². The first-order valence-corrected chi connectivity index (χ1v) is 11.9. The minimum Gasteiger partial charge on any atom is -0.466 e. The quantitative estimate of drug-likeness (QED) is 0.592. The molecule has 4 atom stereocenters. The van der Waals surface area contributed by atoms with Crippen molar-refractivity contribution in [1.82, 2.24) is 15.1 Å². The van der Waals surface area contributed by atoms with Crippen LogP contribution in [0.2, 0.25) is 0 Å². The van der Waals surface area contributed by atoms with E-state index in [9.17, 15) is 9.59 Å². The van der Waals surface area contributed by atoms with Gasteiger partial charge in [-0.3, -0.25) is 14.3 Å². The zero-order valence-corrected chi connectivity index (χ0v) is 17.9. The highest BCUT2D eigenvalue weighted by atomic mass is 16.5. The average molecular weight is 412 g/mol. The Kier molecular flexibility index (Phi) is 5.42. The van der Waals surface area contributed by atoms with Crippen LogP contribution in [0.5, 0.6) is 0 Å². The van der Waals surface area contributed by atoms with Gasteiger partial charge in [-0.1, -0.05) is 31.4 Å². The largest absolute Gasteiger partial charge is 0.466 e. The van der Waals surface area contributed by atoms with Crippen molar-refractivity contribution in [3.8, 4) is 0 Å². The minimum atomic E-state index is -0.278. The van der Waals surface area contributed by atoms with Crippen molar-refractivity contribution in [2.45, 2.75) is 83.2 Å². The van der Waals surface area contributed by atoms with Gasteiger partial charge in [-0.25, -0.2) is 0 Å². The number of nitrogens with one attached hydrogen (secondary N) is 1. The molecule has 30 heavy (non-hydrogen) atoms. The lowest BCUT2D eigenvalue weighted by atomic mass is 9.88. The Labute approximate surface area is 178 Å². The van der Waals surface area contributed by atoms with E-state index in [-0.39, 0.29) is 35.7 Å². The van der Waals surface area contributed by atoms with Crippen LogP contribution in [0.4, 0.5) is 0 Å². The number of fused-ring (bicyclic) bond motifs is 3. The summed E-state index contributed by atoms with van der Waals surface area (Å²) >= 11 is 0. The van der Waals surface area contributed by atoms with Crippen molar-refractivity contribution in [2.24, 2.45) is 17.8 Å². The van der Waals surface area contributed by atoms with Crippen molar-refractivity contribution in [1.29, 1.82) is 0 Å². The van der Waals surface area contributed by atoms with Gasteiger partial charge in [-0.15, -0.1) is 0 Å². The van der Waals surface area contributed by atoms with Crippen molar-refractivity contribution in [3.05, 3.63) is 29.1 Å². The van der Waals surface area contributed by atoms with E-state index in [2.05, 4.69) is 22.2 Å². The molecule has 0 saturated heterocycles. The molecule has 2 bridgehead atoms. The summed E-state index contributed by atoms with van der Waals surface area (Å²) in [4.78, 5) is 26.0. The molecule has 2 unspecified atom stereocenters. The normalized spacial score (nSPS) is 30.3. The number of nitrogens with zero attached hydrogens (tertiary/aromatic N) is 2. The summed E-state index contributed by atoms with van der Waals surface area (Å²) in [7, 11) is 0. The maximum absolute atomic E-state index is 13.4. The summed E-state index contributed by atoms with van der Waals surface area (Å²) in [5, 5.41) is 8.11. The van der Waals surface area contributed by atoms with Crippen LogP contribution >= 0.6 is 0 Å². The number of allylic oxidation sites excluding steroid dienone is 1. The van der Waals surface area contributed by atoms with Crippen molar-refractivity contribution < 1.29 is 14.3 Å². The molecule has 0 aromatic carbocycles. The zero-order valence-electron chi connectivity index (χ0n) is 17.9. The number of amides is 1. The highest BCUT2D eigenvalue weighted by molar-refractivity contribution is 5.95. The second-order valence-corrected chi connectivity index (χ2v) is 9.44. The fourth-order valence-corrected chi connectivity index (χ4v) is 6.23. The van der Waals surface area contributed by atoms with Crippen LogP contribution in [0.15, 0.2) is 12.2 Å². The molecule has 1 N–H and O–H groups in total. The van der Waals surface area contributed by atoms with E-state index in [0.717, 1.165) is 44.1 Å². The summed E-state index contributed by atoms with van der Waals surface area (Å²) in [5.74, 6) is -0.185. The topological polar surface area (TPSA) is 73.2 Å². The number of carbonyl (C=O) groups excluding carboxylic acids is 2. The Morgan fingerprint density at radius 3 is 2.67 bits per heavy atom. The second-order valence-electron chi connectivity index (χ2n) is 9.44. The van der Waals surface area contributed by atoms with Gasteiger partial charge >= 0.3 is 5.97 Å². The fourth-order valence-electron chi connectivity index (χ4n) is 6.23. The molecule has 4 aliphatic rings. The highest BCUT2D eigenvalue weighted by Gasteiger charge is 2.50. The molecule has 0 radical (unpaired) electrons. The van der Waals surface area contributed by atoms with Crippen LogP contribution in [0, 0.1) is 17.8 Å². The molecule has 0 spiro atoms. The summed E-state index contributed by atoms with van der Waals surface area (Å²) in [6.07, 6.45) is 15.6. The van der Waals surface area contributed by atoms with Gasteiger partial charge in [0.1, 0.15) is 0 Å². The lowest BCUT2D eigenvalue weighted by Gasteiger charge is -2.27. The van der Waals surface area contributed by atoms with Gasteiger partial charge in [0.05, 0.1) is 18.6 Å². The number of hydrogen-bond donors (Lipinski definition) is 1. The summed E-state index contributed by atoms with van der Waals surface area (Å²) < 4.78 is 7.53. The van der Waals surface area contributed by atoms with Crippen molar-refractivity contribution in [3.63, 3.8) is 0 Å². The number of aromatic nitrogens is 2. The van der Waals surface area contributed by atoms with Crippen LogP contribution in [-0.4, -0.2) is 34.3 Å². The third-order valence-electron chi connectivity index (χ3n) is 7.66. The van der Waals surface area contributed by atoms with Crippen LogP contribution in [0.1, 0.15) is 86.1 Å². The van der Waals surface area contributed by atoms with Gasteiger partial charge in [0, 0.05) is 17.3 Å². The Balaban J connectivity index is 1.40. The van der Waals surface area contributed by atoms with E-state index >= 15 is 0 Å². The van der Waals surface area contributed by atoms with Gasteiger partial charge in [-0.05, 0) is 63.7 Å². The lowest BCUT2D eigenvalue weighted by Crippen LogP contribution is -2.46. The number of hydrogen-bond acceptors (Lipinski definition) is 4. The summed E-state index contributed by atoms with van der Waals surface area (Å²) in [6.45, 7) is 2.20. The van der Waals surface area contributed by atoms with Gasteiger partial charge < -0.3 is 10.1 Å². The molecule has 6 heteroatoms. The molecule has 1 aromatic heterocycles. The first-order valence-electron chi connectivity index (χ1n) is 11.9. The third-order valence-corrected chi connectivity index (χ3v) is 7.66. The predicted octanol–water partition coefficient (Wildman–Crippen LogP) is 3.75. The van der Waals surface area contributed by atoms with Gasteiger partial charge in [0.25, 0.3) is 5.91 Å². The molecule has 1 amide bonds.